The molecule has 2 heterocycles. The van der Waals surface area contributed by atoms with E-state index in [9.17, 15) is 4.79 Å². The highest BCUT2D eigenvalue weighted by Gasteiger charge is 2.31. The third-order valence-corrected chi connectivity index (χ3v) is 6.54. The molecule has 174 valence electrons. The van der Waals surface area contributed by atoms with Crippen LogP contribution in [0, 0.1) is 0 Å². The van der Waals surface area contributed by atoms with Crippen LogP contribution in [0.25, 0.3) is 0 Å². The maximum Gasteiger partial charge on any atom is 0.230 e. The molecule has 1 unspecified atom stereocenters. The van der Waals surface area contributed by atoms with E-state index in [1.165, 1.54) is 0 Å². The molecule has 6 nitrogen and oxygen atoms in total. The van der Waals surface area contributed by atoms with E-state index in [1.54, 1.807) is 7.11 Å². The van der Waals surface area contributed by atoms with Crippen LogP contribution >= 0.6 is 0 Å². The number of nitrogens with zero attached hydrogens (tertiary/aromatic N) is 3. The van der Waals surface area contributed by atoms with Gasteiger partial charge in [0.15, 0.2) is 17.2 Å². The van der Waals surface area contributed by atoms with Crippen molar-refractivity contribution in [2.45, 2.75) is 19.3 Å². The molecule has 0 bridgehead atoms. The number of carbonyl (C=O) groups excluding carboxylic acids is 1. The summed E-state index contributed by atoms with van der Waals surface area (Å²) in [7, 11) is 1.65. The molecule has 0 N–H and O–H groups in total. The van der Waals surface area contributed by atoms with Crippen molar-refractivity contribution in [2.75, 3.05) is 33.3 Å². The van der Waals surface area contributed by atoms with Crippen LogP contribution < -0.4 is 9.47 Å². The zero-order chi connectivity index (χ0) is 23.5. The van der Waals surface area contributed by atoms with E-state index < -0.39 is 0 Å². The molecule has 1 fully saturated rings. The Morgan fingerprint density at radius 2 is 1.71 bits per heavy atom. The van der Waals surface area contributed by atoms with Crippen LogP contribution in [0.3, 0.4) is 0 Å². The van der Waals surface area contributed by atoms with E-state index >= 15 is 0 Å². The number of hydrogen-bond acceptors (Lipinski definition) is 5. The third-order valence-electron chi connectivity index (χ3n) is 6.54. The molecule has 0 aromatic heterocycles. The van der Waals surface area contributed by atoms with Crippen LogP contribution in [0.1, 0.15) is 30.4 Å². The SMILES string of the molecule is CCC(C(=O)N1CCN(C2=Nc3ccccc3Oc3c(OC)cccc32)CC1)c1ccccc1. The molecular weight excluding hydrogens is 426 g/mol. The predicted octanol–water partition coefficient (Wildman–Crippen LogP) is 5.22. The van der Waals surface area contributed by atoms with Gasteiger partial charge in [0.25, 0.3) is 0 Å². The number of fused-ring (bicyclic) bond motifs is 2. The van der Waals surface area contributed by atoms with E-state index in [1.807, 2.05) is 77.7 Å². The van der Waals surface area contributed by atoms with Gasteiger partial charge in [-0.2, -0.15) is 0 Å². The lowest BCUT2D eigenvalue weighted by Crippen LogP contribution is -2.51. The van der Waals surface area contributed by atoms with Crippen LogP contribution in [0.4, 0.5) is 5.69 Å². The number of methoxy groups -OCH3 is 1. The number of amides is 1. The summed E-state index contributed by atoms with van der Waals surface area (Å²) in [6.45, 7) is 4.79. The molecule has 34 heavy (non-hydrogen) atoms. The molecule has 1 amide bonds. The zero-order valence-corrected chi connectivity index (χ0v) is 19.6. The summed E-state index contributed by atoms with van der Waals surface area (Å²) in [4.78, 5) is 22.6. The van der Waals surface area contributed by atoms with E-state index in [4.69, 9.17) is 14.5 Å². The monoisotopic (exact) mass is 455 g/mol. The zero-order valence-electron chi connectivity index (χ0n) is 19.6. The second kappa shape index (κ2) is 9.59. The molecule has 3 aromatic carbocycles. The van der Waals surface area contributed by atoms with Gasteiger partial charge in [-0.25, -0.2) is 4.99 Å². The Hall–Kier alpha value is -3.80. The summed E-state index contributed by atoms with van der Waals surface area (Å²) in [5.41, 5.74) is 2.76. The highest BCUT2D eigenvalue weighted by atomic mass is 16.5. The minimum atomic E-state index is -0.103. The summed E-state index contributed by atoms with van der Waals surface area (Å²) in [5, 5.41) is 0. The van der Waals surface area contributed by atoms with Gasteiger partial charge < -0.3 is 19.3 Å². The topological polar surface area (TPSA) is 54.4 Å². The van der Waals surface area contributed by atoms with Gasteiger partial charge in [-0.05, 0) is 36.2 Å². The minimum Gasteiger partial charge on any atom is -0.493 e. The Labute approximate surface area is 200 Å². The van der Waals surface area contributed by atoms with E-state index in [-0.39, 0.29) is 11.8 Å². The smallest absolute Gasteiger partial charge is 0.230 e. The van der Waals surface area contributed by atoms with Crippen molar-refractivity contribution in [1.82, 2.24) is 9.80 Å². The molecule has 0 radical (unpaired) electrons. The van der Waals surface area contributed by atoms with E-state index in [0.29, 0.717) is 43.4 Å². The first kappa shape index (κ1) is 22.0. The van der Waals surface area contributed by atoms with Crippen LogP contribution in [-0.4, -0.2) is 54.8 Å². The van der Waals surface area contributed by atoms with Gasteiger partial charge in [-0.1, -0.05) is 55.5 Å². The summed E-state index contributed by atoms with van der Waals surface area (Å²) >= 11 is 0. The van der Waals surface area contributed by atoms with Crippen LogP contribution in [0.5, 0.6) is 17.2 Å². The molecule has 1 saturated heterocycles. The van der Waals surface area contributed by atoms with Gasteiger partial charge in [0.2, 0.25) is 5.91 Å². The van der Waals surface area contributed by atoms with Crippen LogP contribution in [-0.2, 0) is 4.79 Å². The lowest BCUT2D eigenvalue weighted by molar-refractivity contribution is -0.134. The number of rotatable bonds is 4. The van der Waals surface area contributed by atoms with Crippen LogP contribution in [0.15, 0.2) is 77.8 Å². The molecule has 1 atom stereocenters. The Kier molecular flexibility index (Phi) is 6.21. The van der Waals surface area contributed by atoms with Crippen molar-refractivity contribution in [1.29, 1.82) is 0 Å². The highest BCUT2D eigenvalue weighted by Crippen LogP contribution is 2.42. The quantitative estimate of drug-likeness (QED) is 0.541. The fourth-order valence-electron chi connectivity index (χ4n) is 4.72. The van der Waals surface area contributed by atoms with Gasteiger partial charge in [-0.3, -0.25) is 4.79 Å². The Bertz CT molecular complexity index is 1200. The number of aliphatic imine (C=N–C) groups is 1. The Morgan fingerprint density at radius 1 is 0.971 bits per heavy atom. The molecule has 0 spiro atoms. The molecule has 6 heteroatoms. The number of para-hydroxylation sites is 3. The lowest BCUT2D eigenvalue weighted by atomic mass is 9.94. The summed E-state index contributed by atoms with van der Waals surface area (Å²) < 4.78 is 11.9. The van der Waals surface area contributed by atoms with Crippen molar-refractivity contribution in [3.05, 3.63) is 83.9 Å². The Morgan fingerprint density at radius 3 is 2.44 bits per heavy atom. The largest absolute Gasteiger partial charge is 0.493 e. The van der Waals surface area contributed by atoms with Gasteiger partial charge >= 0.3 is 0 Å². The van der Waals surface area contributed by atoms with E-state index in [0.717, 1.165) is 29.1 Å². The first-order chi connectivity index (χ1) is 16.7. The number of carbonyl (C=O) groups is 1. The maximum atomic E-state index is 13.4. The number of amidine groups is 1. The summed E-state index contributed by atoms with van der Waals surface area (Å²) in [5.74, 6) is 2.98. The number of piperazine rings is 1. The van der Waals surface area contributed by atoms with Crippen molar-refractivity contribution >= 4 is 17.4 Å². The van der Waals surface area contributed by atoms with Gasteiger partial charge in [-0.15, -0.1) is 0 Å². The fraction of sp³-hybridized carbons (Fsp3) is 0.286. The van der Waals surface area contributed by atoms with Crippen molar-refractivity contribution in [3.8, 4) is 17.2 Å². The lowest BCUT2D eigenvalue weighted by Gasteiger charge is -2.38. The highest BCUT2D eigenvalue weighted by molar-refractivity contribution is 6.04. The van der Waals surface area contributed by atoms with Crippen molar-refractivity contribution < 1.29 is 14.3 Å². The first-order valence-electron chi connectivity index (χ1n) is 11.8. The molecule has 2 aliphatic heterocycles. The van der Waals surface area contributed by atoms with Gasteiger partial charge in [0, 0.05) is 26.2 Å². The molecule has 2 aliphatic rings. The third kappa shape index (κ3) is 4.12. The minimum absolute atomic E-state index is 0.103. The molecule has 0 saturated carbocycles. The number of hydrogen-bond donors (Lipinski definition) is 0. The first-order valence-corrected chi connectivity index (χ1v) is 11.8. The summed E-state index contributed by atoms with van der Waals surface area (Å²) in [6.07, 6.45) is 0.789. The fourth-order valence-corrected chi connectivity index (χ4v) is 4.72. The van der Waals surface area contributed by atoms with Crippen LogP contribution in [0.2, 0.25) is 0 Å². The van der Waals surface area contributed by atoms with Gasteiger partial charge in [0.05, 0.1) is 18.6 Å². The summed E-state index contributed by atoms with van der Waals surface area (Å²) in [6, 6.07) is 23.7. The van der Waals surface area contributed by atoms with Crippen molar-refractivity contribution in [2.24, 2.45) is 4.99 Å². The average Bonchev–Trinajstić information content (AvgIpc) is 3.06. The molecular formula is C28H29N3O3. The molecule has 3 aromatic rings. The maximum absolute atomic E-state index is 13.4. The molecule has 5 rings (SSSR count). The van der Waals surface area contributed by atoms with Crippen molar-refractivity contribution in [3.63, 3.8) is 0 Å². The molecule has 0 aliphatic carbocycles. The number of benzene rings is 3. The van der Waals surface area contributed by atoms with Gasteiger partial charge in [0.1, 0.15) is 11.5 Å². The standard InChI is InChI=1S/C28H29N3O3/c1-3-21(20-10-5-4-6-11-20)28(32)31-18-16-30(17-19-31)27-22-12-9-15-25(33-2)26(22)34-24-14-8-7-13-23(24)29-27/h4-15,21H,3,16-19H2,1-2H3. The van der Waals surface area contributed by atoms with E-state index in [2.05, 4.69) is 11.8 Å². The Balaban J connectivity index is 1.40. The number of ether oxygens (including phenoxy) is 2. The second-order valence-corrected chi connectivity index (χ2v) is 8.53. The predicted molar refractivity (Wildman–Crippen MR) is 133 cm³/mol. The normalized spacial score (nSPS) is 15.9. The second-order valence-electron chi connectivity index (χ2n) is 8.53. The average molecular weight is 456 g/mol.